The quantitative estimate of drug-likeness (QED) is 0.648. The van der Waals surface area contributed by atoms with Gasteiger partial charge in [-0.1, -0.05) is 13.8 Å². The minimum atomic E-state index is -0.417. The summed E-state index contributed by atoms with van der Waals surface area (Å²) in [5, 5.41) is 12.8. The lowest BCUT2D eigenvalue weighted by atomic mass is 10.2. The average Bonchev–Trinajstić information content (AvgIpc) is 2.70. The van der Waals surface area contributed by atoms with Crippen LogP contribution in [0.15, 0.2) is 0 Å². The molecule has 2 N–H and O–H groups in total. The molecule has 16 heavy (non-hydrogen) atoms. The predicted octanol–water partition coefficient (Wildman–Crippen LogP) is 0.788. The first-order valence-electron chi connectivity index (χ1n) is 6.26. The Labute approximate surface area is 98.3 Å². The molecule has 1 rings (SSSR count). The molecule has 0 aromatic rings. The van der Waals surface area contributed by atoms with Crippen molar-refractivity contribution in [1.82, 2.24) is 5.32 Å². The van der Waals surface area contributed by atoms with Gasteiger partial charge in [0, 0.05) is 26.3 Å². The number of ether oxygens (including phenoxy) is 2. The molecule has 4 nitrogen and oxygen atoms in total. The molecule has 0 spiro atoms. The highest BCUT2D eigenvalue weighted by molar-refractivity contribution is 4.69. The van der Waals surface area contributed by atoms with Crippen LogP contribution in [0.1, 0.15) is 26.7 Å². The molecule has 0 amide bonds. The third-order valence-electron chi connectivity index (χ3n) is 2.54. The van der Waals surface area contributed by atoms with Gasteiger partial charge in [-0.05, 0) is 18.8 Å². The highest BCUT2D eigenvalue weighted by atomic mass is 16.5. The molecule has 0 bridgehead atoms. The van der Waals surface area contributed by atoms with Crippen LogP contribution in [0.25, 0.3) is 0 Å². The van der Waals surface area contributed by atoms with E-state index in [2.05, 4.69) is 19.2 Å². The average molecular weight is 231 g/mol. The minimum Gasteiger partial charge on any atom is -0.389 e. The molecule has 1 aliphatic heterocycles. The highest BCUT2D eigenvalue weighted by Gasteiger charge is 2.15. The van der Waals surface area contributed by atoms with Crippen LogP contribution in [0.5, 0.6) is 0 Å². The maximum atomic E-state index is 9.61. The van der Waals surface area contributed by atoms with Crippen molar-refractivity contribution in [2.24, 2.45) is 5.92 Å². The summed E-state index contributed by atoms with van der Waals surface area (Å²) in [4.78, 5) is 0. The molecule has 0 aromatic heterocycles. The molecule has 1 heterocycles. The summed E-state index contributed by atoms with van der Waals surface area (Å²) < 4.78 is 10.8. The molecule has 96 valence electrons. The summed E-state index contributed by atoms with van der Waals surface area (Å²) in [6.07, 6.45) is 2.21. The first-order chi connectivity index (χ1) is 7.68. The zero-order chi connectivity index (χ0) is 11.8. The predicted molar refractivity (Wildman–Crippen MR) is 63.5 cm³/mol. The van der Waals surface area contributed by atoms with Gasteiger partial charge in [-0.2, -0.15) is 0 Å². The maximum absolute atomic E-state index is 9.61. The molecule has 1 aliphatic rings. The Morgan fingerprint density at radius 1 is 1.44 bits per heavy atom. The first-order valence-corrected chi connectivity index (χ1v) is 6.26. The van der Waals surface area contributed by atoms with E-state index in [1.165, 1.54) is 0 Å². The Kier molecular flexibility index (Phi) is 6.96. The second-order valence-corrected chi connectivity index (χ2v) is 4.88. The van der Waals surface area contributed by atoms with Crippen molar-refractivity contribution in [3.05, 3.63) is 0 Å². The van der Waals surface area contributed by atoms with Crippen molar-refractivity contribution in [2.45, 2.75) is 38.9 Å². The second kappa shape index (κ2) is 8.01. The van der Waals surface area contributed by atoms with Crippen molar-refractivity contribution in [3.8, 4) is 0 Å². The van der Waals surface area contributed by atoms with Gasteiger partial charge in [-0.15, -0.1) is 0 Å². The summed E-state index contributed by atoms with van der Waals surface area (Å²) in [6.45, 7) is 7.62. The smallest absolute Gasteiger partial charge is 0.0897 e. The fourth-order valence-electron chi connectivity index (χ4n) is 1.71. The van der Waals surface area contributed by atoms with E-state index in [0.29, 0.717) is 31.8 Å². The number of hydrogen-bond donors (Lipinski definition) is 2. The van der Waals surface area contributed by atoms with Gasteiger partial charge in [-0.25, -0.2) is 0 Å². The number of nitrogens with one attached hydrogen (secondary N) is 1. The van der Waals surface area contributed by atoms with E-state index in [4.69, 9.17) is 9.47 Å². The third kappa shape index (κ3) is 6.43. The molecule has 0 aliphatic carbocycles. The lowest BCUT2D eigenvalue weighted by molar-refractivity contribution is 0.0240. The molecule has 4 heteroatoms. The Balaban J connectivity index is 1.91. The SMILES string of the molecule is CC(C)COCC(O)CNCC1CCCO1. The topological polar surface area (TPSA) is 50.7 Å². The van der Waals surface area contributed by atoms with Gasteiger partial charge >= 0.3 is 0 Å². The molecular weight excluding hydrogens is 206 g/mol. The maximum Gasteiger partial charge on any atom is 0.0897 e. The molecule has 0 saturated carbocycles. The summed E-state index contributed by atoms with van der Waals surface area (Å²) >= 11 is 0. The van der Waals surface area contributed by atoms with Gasteiger partial charge in [0.05, 0.1) is 18.8 Å². The van der Waals surface area contributed by atoms with Gasteiger partial charge < -0.3 is 19.9 Å². The molecule has 0 radical (unpaired) electrons. The summed E-state index contributed by atoms with van der Waals surface area (Å²) in [5.41, 5.74) is 0. The van der Waals surface area contributed by atoms with Gasteiger partial charge in [0.25, 0.3) is 0 Å². The Hall–Kier alpha value is -0.160. The Bertz CT molecular complexity index is 170. The molecule has 2 atom stereocenters. The number of hydrogen-bond acceptors (Lipinski definition) is 4. The summed E-state index contributed by atoms with van der Waals surface area (Å²) in [7, 11) is 0. The van der Waals surface area contributed by atoms with E-state index in [9.17, 15) is 5.11 Å². The minimum absolute atomic E-state index is 0.337. The van der Waals surface area contributed by atoms with E-state index >= 15 is 0 Å². The number of aliphatic hydroxyl groups is 1. The highest BCUT2D eigenvalue weighted by Crippen LogP contribution is 2.10. The van der Waals surface area contributed by atoms with Crippen LogP contribution >= 0.6 is 0 Å². The number of rotatable bonds is 8. The molecule has 1 saturated heterocycles. The van der Waals surface area contributed by atoms with Crippen LogP contribution in [-0.2, 0) is 9.47 Å². The second-order valence-electron chi connectivity index (χ2n) is 4.88. The van der Waals surface area contributed by atoms with E-state index in [1.54, 1.807) is 0 Å². The number of aliphatic hydroxyl groups excluding tert-OH is 1. The molecular formula is C12H25NO3. The molecule has 2 unspecified atom stereocenters. The van der Waals surface area contributed by atoms with Crippen LogP contribution in [0, 0.1) is 5.92 Å². The van der Waals surface area contributed by atoms with E-state index in [-0.39, 0.29) is 0 Å². The van der Waals surface area contributed by atoms with E-state index < -0.39 is 6.10 Å². The van der Waals surface area contributed by atoms with E-state index in [0.717, 1.165) is 26.0 Å². The zero-order valence-corrected chi connectivity index (χ0v) is 10.4. The monoisotopic (exact) mass is 231 g/mol. The van der Waals surface area contributed by atoms with Crippen LogP contribution in [0.2, 0.25) is 0 Å². The van der Waals surface area contributed by atoms with E-state index in [1.807, 2.05) is 0 Å². The standard InChI is InChI=1S/C12H25NO3/c1-10(2)8-15-9-11(14)6-13-7-12-4-3-5-16-12/h10-14H,3-9H2,1-2H3. The van der Waals surface area contributed by atoms with Gasteiger partial charge in [-0.3, -0.25) is 0 Å². The fraction of sp³-hybridized carbons (Fsp3) is 1.00. The van der Waals surface area contributed by atoms with Crippen LogP contribution in [-0.4, -0.2) is 50.2 Å². The summed E-state index contributed by atoms with van der Waals surface area (Å²) in [5.74, 6) is 0.520. The first kappa shape index (κ1) is 13.9. The van der Waals surface area contributed by atoms with Crippen LogP contribution in [0.3, 0.4) is 0 Å². The van der Waals surface area contributed by atoms with Crippen molar-refractivity contribution in [2.75, 3.05) is 32.9 Å². The van der Waals surface area contributed by atoms with Crippen molar-refractivity contribution in [1.29, 1.82) is 0 Å². The fourth-order valence-corrected chi connectivity index (χ4v) is 1.71. The molecule has 1 fully saturated rings. The van der Waals surface area contributed by atoms with Gasteiger partial charge in [0.2, 0.25) is 0 Å². The zero-order valence-electron chi connectivity index (χ0n) is 10.4. The normalized spacial score (nSPS) is 22.9. The van der Waals surface area contributed by atoms with Crippen molar-refractivity contribution in [3.63, 3.8) is 0 Å². The van der Waals surface area contributed by atoms with Gasteiger partial charge in [0.1, 0.15) is 0 Å². The van der Waals surface area contributed by atoms with Crippen molar-refractivity contribution >= 4 is 0 Å². The third-order valence-corrected chi connectivity index (χ3v) is 2.54. The largest absolute Gasteiger partial charge is 0.389 e. The summed E-state index contributed by atoms with van der Waals surface area (Å²) in [6, 6.07) is 0. The molecule has 0 aromatic carbocycles. The Morgan fingerprint density at radius 2 is 2.25 bits per heavy atom. The van der Waals surface area contributed by atoms with Crippen molar-refractivity contribution < 1.29 is 14.6 Å². The van der Waals surface area contributed by atoms with Gasteiger partial charge in [0.15, 0.2) is 0 Å². The van der Waals surface area contributed by atoms with Crippen LogP contribution in [0.4, 0.5) is 0 Å². The lowest BCUT2D eigenvalue weighted by Gasteiger charge is -2.15. The Morgan fingerprint density at radius 3 is 2.88 bits per heavy atom. The lowest BCUT2D eigenvalue weighted by Crippen LogP contribution is -2.35. The van der Waals surface area contributed by atoms with Crippen LogP contribution < -0.4 is 5.32 Å².